The molecule has 113 heavy (non-hydrogen) atoms. The molecule has 0 aromatic rings. The summed E-state index contributed by atoms with van der Waals surface area (Å²) in [7, 11) is -14.0. The Kier molecular flexibility index (Phi) is 48.1. The molecule has 0 bridgehead atoms. The van der Waals surface area contributed by atoms with Gasteiger partial charge in [-0.1, -0.05) is 38.5 Å². The van der Waals surface area contributed by atoms with Crippen LogP contribution in [0.2, 0.25) is 115 Å². The molecule has 0 aromatic heterocycles. The van der Waals surface area contributed by atoms with E-state index in [4.69, 9.17) is 31.7 Å². The van der Waals surface area contributed by atoms with Gasteiger partial charge in [-0.3, -0.25) is 57.5 Å². The van der Waals surface area contributed by atoms with E-state index in [0.29, 0.717) is 108 Å². The van der Waals surface area contributed by atoms with Crippen molar-refractivity contribution in [3.05, 3.63) is 0 Å². The monoisotopic (exact) mass is 1710 g/mol. The molecular formula is C77H140O30Si6. The van der Waals surface area contributed by atoms with E-state index >= 15 is 0 Å². The lowest BCUT2D eigenvalue weighted by atomic mass is 9.94. The van der Waals surface area contributed by atoms with E-state index in [1.165, 1.54) is 0 Å². The Morgan fingerprint density at radius 3 is 0.982 bits per heavy atom. The summed E-state index contributed by atoms with van der Waals surface area (Å²) in [5.74, 6) is -14.7. The lowest BCUT2D eigenvalue weighted by molar-refractivity contribution is -0.163. The van der Waals surface area contributed by atoms with Crippen LogP contribution >= 0.6 is 0 Å². The molecule has 30 nitrogen and oxygen atoms in total. The van der Waals surface area contributed by atoms with Crippen LogP contribution < -0.4 is 0 Å². The Bertz CT molecular complexity index is 2980. The molecule has 0 amide bonds. The molecule has 12 atom stereocenters. The highest BCUT2D eigenvalue weighted by Crippen LogP contribution is 2.34. The lowest BCUT2D eigenvalue weighted by Gasteiger charge is -2.34. The van der Waals surface area contributed by atoms with Crippen LogP contribution in [0, 0.1) is 35.5 Å². The second kappa shape index (κ2) is 52.2. The summed E-state index contributed by atoms with van der Waals surface area (Å²) < 4.78 is 46.2. The van der Waals surface area contributed by atoms with Gasteiger partial charge in [-0.25, -0.2) is 0 Å². The number of aliphatic hydroxyl groups excluding tert-OH is 6. The Morgan fingerprint density at radius 2 is 0.655 bits per heavy atom. The van der Waals surface area contributed by atoms with Crippen molar-refractivity contribution in [2.75, 3.05) is 19.8 Å². The van der Waals surface area contributed by atoms with Gasteiger partial charge in [0.1, 0.15) is 25.1 Å². The molecule has 2 rings (SSSR count). The molecule has 2 fully saturated rings. The SMILES string of the molecule is C[Si](C)(CCCC(CC(=O)CCC(O)CCCC(O)CCCC(COC(=O)CC(CCC[Si](C)(C)O[Si](C)(C)CCCC1CC(=O)OC1=O)C(=O)O)OC(=O)CC(CCC[Si](C)(C)O[Si](C)(C)CCCC(CC(=O)OCC(O)CCCC(O)CCCC(O)CO)C(=O)O)C(=O)O)C(=O)O)O[Si](C)(C)CCCC1CC(=O)OC1=O. The molecule has 0 aliphatic carbocycles. The zero-order valence-corrected chi connectivity index (χ0v) is 75.6. The Morgan fingerprint density at radius 1 is 0.363 bits per heavy atom. The van der Waals surface area contributed by atoms with Crippen molar-refractivity contribution in [1.29, 1.82) is 0 Å². The van der Waals surface area contributed by atoms with Gasteiger partial charge >= 0.3 is 65.7 Å². The number of hydrogen-bond acceptors (Lipinski definition) is 26. The first kappa shape index (κ1) is 104. The highest BCUT2D eigenvalue weighted by atomic mass is 28.4. The number of cyclic esters (lactones) is 4. The van der Waals surface area contributed by atoms with Crippen molar-refractivity contribution in [2.24, 2.45) is 35.5 Å². The topological polar surface area (TPSA) is 481 Å². The van der Waals surface area contributed by atoms with Crippen LogP contribution in [0.1, 0.15) is 205 Å². The predicted octanol–water partition coefficient (Wildman–Crippen LogP) is 11.3. The second-order valence-electron chi connectivity index (χ2n) is 35.3. The standard InChI is InChI=1S/C77H140O30Si6/c1-108(2,106-112(9,10)43-21-27-58-49-70(88)103-76(58)98)39-17-23-54(72(90)91)45-63(82)38-37-62(81)32-13-29-61(80)33-16-36-66(53-101-68(86)47-56(74(94)95)25-19-41-110(5,6)107-113(11,12)44-22-28-59-50-71(89)104-77(59)99)102-69(87)48-57(75(96)97)26-20-42-111(7,8)105-109(3,4)40-18-24-55(73(92)93)46-67(85)100-52-65(84)35-15-31-60(79)30-14-34-64(83)51-78/h54-62,64-66,78-81,83-84H,13-53H2,1-12H3,(H,90,91)(H,92,93)(H,94,95)(H,96,97). The van der Waals surface area contributed by atoms with Crippen LogP contribution in [0.15, 0.2) is 0 Å². The first-order valence-electron chi connectivity index (χ1n) is 41.0. The van der Waals surface area contributed by atoms with Crippen LogP contribution in [-0.2, 0) is 93.6 Å². The first-order valence-corrected chi connectivity index (χ1v) is 59.7. The minimum absolute atomic E-state index is 0.0380. The van der Waals surface area contributed by atoms with E-state index in [2.05, 4.69) is 48.8 Å². The molecule has 0 spiro atoms. The van der Waals surface area contributed by atoms with Crippen molar-refractivity contribution >= 4 is 121 Å². The van der Waals surface area contributed by atoms with Crippen molar-refractivity contribution < 1.29 is 145 Å². The fraction of sp³-hybridized carbons (Fsp3) is 0.844. The minimum atomic E-state index is -2.50. The number of hydrogen-bond donors (Lipinski definition) is 10. The van der Waals surface area contributed by atoms with Crippen molar-refractivity contribution in [3.8, 4) is 0 Å². The molecule has 36 heteroatoms. The van der Waals surface area contributed by atoms with Crippen LogP contribution in [0.25, 0.3) is 0 Å². The Balaban J connectivity index is 2.02. The summed E-state index contributed by atoms with van der Waals surface area (Å²) in [5, 5.41) is 101. The molecule has 10 N–H and O–H groups in total. The zero-order chi connectivity index (χ0) is 85.5. The molecule has 12 unspecified atom stereocenters. The fourth-order valence-electron chi connectivity index (χ4n) is 15.1. The number of rotatable bonds is 67. The van der Waals surface area contributed by atoms with Crippen molar-refractivity contribution in [1.82, 2.24) is 0 Å². The van der Waals surface area contributed by atoms with E-state index < -0.39 is 214 Å². The highest BCUT2D eigenvalue weighted by Gasteiger charge is 2.40. The number of carbonyl (C=O) groups excluding carboxylic acids is 8. The number of ketones is 1. The zero-order valence-electron chi connectivity index (χ0n) is 69.6. The average Bonchev–Trinajstić information content (AvgIpc) is 1.74. The molecule has 2 aliphatic heterocycles. The van der Waals surface area contributed by atoms with E-state index in [1.54, 1.807) is 0 Å². The molecule has 2 saturated heterocycles. The number of esters is 7. The summed E-state index contributed by atoms with van der Waals surface area (Å²) in [5.41, 5.74) is 0. The third-order valence-electron chi connectivity index (χ3n) is 21.1. The third-order valence-corrected chi connectivity index (χ3v) is 43.7. The summed E-state index contributed by atoms with van der Waals surface area (Å²) in [6.07, 6.45) is 1.69. The van der Waals surface area contributed by atoms with E-state index in [1.807, 2.05) is 39.3 Å². The van der Waals surface area contributed by atoms with Crippen molar-refractivity contribution in [2.45, 2.75) is 357 Å². The maximum atomic E-state index is 13.7. The maximum absolute atomic E-state index is 13.7. The number of carbonyl (C=O) groups is 12. The highest BCUT2D eigenvalue weighted by molar-refractivity contribution is 6.86. The van der Waals surface area contributed by atoms with Gasteiger partial charge in [0.05, 0.1) is 105 Å². The molecule has 0 aromatic carbocycles. The van der Waals surface area contributed by atoms with Gasteiger partial charge in [0.15, 0.2) is 49.9 Å². The summed E-state index contributed by atoms with van der Waals surface area (Å²) in [4.78, 5) is 150. The number of ether oxygens (including phenoxy) is 5. The van der Waals surface area contributed by atoms with Gasteiger partial charge in [-0.05, 0) is 237 Å². The molecule has 2 heterocycles. The van der Waals surface area contributed by atoms with Crippen LogP contribution in [-0.4, -0.2) is 229 Å². The maximum Gasteiger partial charge on any atom is 0.317 e. The van der Waals surface area contributed by atoms with Gasteiger partial charge in [0.2, 0.25) is 0 Å². The summed E-state index contributed by atoms with van der Waals surface area (Å²) in [6.45, 7) is 23.4. The molecule has 2 aliphatic rings. The normalized spacial score (nSPS) is 17.9. The fourth-order valence-corrected chi connectivity index (χ4v) is 41.8. The average molecular weight is 1710 g/mol. The van der Waals surface area contributed by atoms with Gasteiger partial charge in [0, 0.05) is 12.8 Å². The molecule has 0 saturated carbocycles. The first-order chi connectivity index (χ1) is 52.5. The van der Waals surface area contributed by atoms with Gasteiger partial charge in [-0.2, -0.15) is 0 Å². The Labute approximate surface area is 674 Å². The molecular weight excluding hydrogens is 1570 g/mol. The largest absolute Gasteiger partial charge is 0.481 e. The number of carboxylic acid groups (broad SMARTS) is 4. The van der Waals surface area contributed by atoms with Crippen LogP contribution in [0.5, 0.6) is 0 Å². The van der Waals surface area contributed by atoms with Crippen molar-refractivity contribution in [3.63, 3.8) is 0 Å². The quantitative estimate of drug-likeness (QED) is 0.0117. The van der Waals surface area contributed by atoms with Gasteiger partial charge in [0.25, 0.3) is 0 Å². The second-order valence-corrected chi connectivity index (χ2v) is 61.9. The number of carboxylic acids is 4. The van der Waals surface area contributed by atoms with Gasteiger partial charge in [-0.15, -0.1) is 0 Å². The summed E-state index contributed by atoms with van der Waals surface area (Å²) >= 11 is 0. The number of aliphatic carboxylic acids is 4. The third kappa shape index (κ3) is 48.6. The molecule has 652 valence electrons. The van der Waals surface area contributed by atoms with E-state index in [9.17, 15) is 103 Å². The van der Waals surface area contributed by atoms with E-state index in [0.717, 1.165) is 18.5 Å². The number of Topliss-reactive ketones (excluding diaryl/α,β-unsaturated/α-hetero) is 1. The lowest BCUT2D eigenvalue weighted by Crippen LogP contribution is -2.44. The Hall–Kier alpha value is -4.82. The smallest absolute Gasteiger partial charge is 0.317 e. The minimum Gasteiger partial charge on any atom is -0.481 e. The molecule has 0 radical (unpaired) electrons. The number of aliphatic hydroxyl groups is 6. The van der Waals surface area contributed by atoms with Crippen LogP contribution in [0.4, 0.5) is 0 Å². The van der Waals surface area contributed by atoms with E-state index in [-0.39, 0.29) is 115 Å². The van der Waals surface area contributed by atoms with Gasteiger partial charge < -0.3 is 87.1 Å². The van der Waals surface area contributed by atoms with Crippen LogP contribution in [0.3, 0.4) is 0 Å². The predicted molar refractivity (Wildman–Crippen MR) is 432 cm³/mol. The summed E-state index contributed by atoms with van der Waals surface area (Å²) in [6, 6.07) is 3.87.